The lowest BCUT2D eigenvalue weighted by Gasteiger charge is -2.23. The normalized spacial score (nSPS) is 11.0. The van der Waals surface area contributed by atoms with Crippen LogP contribution in [0.15, 0.2) is 82.6 Å². The predicted octanol–water partition coefficient (Wildman–Crippen LogP) is 5.05. The molecular weight excluding hydrogens is 472 g/mol. The van der Waals surface area contributed by atoms with Gasteiger partial charge in [-0.1, -0.05) is 6.07 Å². The second-order valence-electron chi connectivity index (χ2n) is 7.15. The molecule has 0 radical (unpaired) electrons. The van der Waals surface area contributed by atoms with Gasteiger partial charge in [0, 0.05) is 22.7 Å². The van der Waals surface area contributed by atoms with Gasteiger partial charge in [0.2, 0.25) is 0 Å². The average molecular weight is 499 g/mol. The monoisotopic (exact) mass is 498 g/mol. The van der Waals surface area contributed by atoms with E-state index in [9.17, 15) is 18.0 Å². The first kappa shape index (κ1) is 25.3. The van der Waals surface area contributed by atoms with Gasteiger partial charge in [-0.2, -0.15) is 0 Å². The van der Waals surface area contributed by atoms with E-state index < -0.39 is 16.0 Å². The lowest BCUT2D eigenvalue weighted by Crippen LogP contribution is -2.30. The number of carbonyl (C=O) groups is 2. The molecule has 0 saturated carbocycles. The molecule has 0 bridgehead atoms. The summed E-state index contributed by atoms with van der Waals surface area (Å²) in [5.41, 5.74) is 1.59. The summed E-state index contributed by atoms with van der Waals surface area (Å²) in [6.07, 6.45) is 1.93. The number of thioether (sulfide) groups is 1. The van der Waals surface area contributed by atoms with Crippen LogP contribution in [-0.4, -0.2) is 39.7 Å². The maximum absolute atomic E-state index is 13.2. The van der Waals surface area contributed by atoms with Crippen molar-refractivity contribution in [2.75, 3.05) is 29.0 Å². The van der Waals surface area contributed by atoms with Crippen molar-refractivity contribution in [1.29, 1.82) is 0 Å². The highest BCUT2D eigenvalue weighted by molar-refractivity contribution is 7.98. The van der Waals surface area contributed by atoms with Crippen LogP contribution in [0.5, 0.6) is 0 Å². The van der Waals surface area contributed by atoms with E-state index in [0.29, 0.717) is 22.5 Å². The zero-order valence-corrected chi connectivity index (χ0v) is 20.8. The van der Waals surface area contributed by atoms with E-state index in [0.717, 1.165) is 4.90 Å². The Balaban J connectivity index is 1.77. The van der Waals surface area contributed by atoms with Crippen molar-refractivity contribution < 1.29 is 22.7 Å². The molecule has 9 heteroatoms. The molecule has 1 N–H and O–H groups in total. The standard InChI is InChI=1S/C25H26N2O5S2/c1-4-27(34(30,31)23-15-13-22(33-3)14-16-23)21-11-9-18(10-12-21)24(28)26-20-8-6-7-19(17-20)25(29)32-5-2/h6-17H,4-5H2,1-3H3,(H,26,28). The number of esters is 1. The lowest BCUT2D eigenvalue weighted by atomic mass is 10.1. The summed E-state index contributed by atoms with van der Waals surface area (Å²) < 4.78 is 32.6. The van der Waals surface area contributed by atoms with Gasteiger partial charge in [0.15, 0.2) is 0 Å². The van der Waals surface area contributed by atoms with Crippen LogP contribution >= 0.6 is 11.8 Å². The smallest absolute Gasteiger partial charge is 0.338 e. The first-order valence-corrected chi connectivity index (χ1v) is 13.3. The molecule has 1 amide bonds. The number of ether oxygens (including phenoxy) is 1. The number of hydrogen-bond donors (Lipinski definition) is 1. The van der Waals surface area contributed by atoms with Crippen molar-refractivity contribution in [2.45, 2.75) is 23.6 Å². The Morgan fingerprint density at radius 2 is 1.62 bits per heavy atom. The van der Waals surface area contributed by atoms with E-state index in [1.54, 1.807) is 80.6 Å². The minimum absolute atomic E-state index is 0.204. The molecule has 0 aliphatic carbocycles. The van der Waals surface area contributed by atoms with Gasteiger partial charge in [-0.25, -0.2) is 13.2 Å². The van der Waals surface area contributed by atoms with Gasteiger partial charge in [0.25, 0.3) is 15.9 Å². The van der Waals surface area contributed by atoms with Crippen LogP contribution in [-0.2, 0) is 14.8 Å². The Labute approximate surface area is 204 Å². The van der Waals surface area contributed by atoms with Crippen LogP contribution < -0.4 is 9.62 Å². The zero-order valence-electron chi connectivity index (χ0n) is 19.1. The fraction of sp³-hybridized carbons (Fsp3) is 0.200. The number of nitrogens with zero attached hydrogens (tertiary/aromatic N) is 1. The number of hydrogen-bond acceptors (Lipinski definition) is 6. The lowest BCUT2D eigenvalue weighted by molar-refractivity contribution is 0.0526. The second kappa shape index (κ2) is 11.2. The van der Waals surface area contributed by atoms with Crippen LogP contribution in [0.2, 0.25) is 0 Å². The Kier molecular flexibility index (Phi) is 8.36. The van der Waals surface area contributed by atoms with Gasteiger partial charge in [-0.15, -0.1) is 11.8 Å². The van der Waals surface area contributed by atoms with E-state index in [2.05, 4.69) is 5.32 Å². The SMILES string of the molecule is CCOC(=O)c1cccc(NC(=O)c2ccc(N(CC)S(=O)(=O)c3ccc(SC)cc3)cc2)c1. The molecule has 0 saturated heterocycles. The van der Waals surface area contributed by atoms with Crippen molar-refractivity contribution in [3.05, 3.63) is 83.9 Å². The molecule has 0 spiro atoms. The average Bonchev–Trinajstić information content (AvgIpc) is 2.85. The van der Waals surface area contributed by atoms with Crippen LogP contribution in [0.3, 0.4) is 0 Å². The zero-order chi connectivity index (χ0) is 24.7. The molecule has 3 aromatic carbocycles. The number of nitrogens with one attached hydrogen (secondary N) is 1. The van der Waals surface area contributed by atoms with Gasteiger partial charge >= 0.3 is 5.97 Å². The van der Waals surface area contributed by atoms with Crippen molar-refractivity contribution >= 4 is 45.0 Å². The van der Waals surface area contributed by atoms with E-state index >= 15 is 0 Å². The highest BCUT2D eigenvalue weighted by Crippen LogP contribution is 2.26. The molecule has 0 atom stereocenters. The molecular formula is C25H26N2O5S2. The highest BCUT2D eigenvalue weighted by atomic mass is 32.2. The molecule has 34 heavy (non-hydrogen) atoms. The molecule has 7 nitrogen and oxygen atoms in total. The van der Waals surface area contributed by atoms with E-state index in [4.69, 9.17) is 4.74 Å². The first-order chi connectivity index (χ1) is 16.3. The van der Waals surface area contributed by atoms with Gasteiger partial charge in [-0.3, -0.25) is 9.10 Å². The third-order valence-electron chi connectivity index (χ3n) is 4.98. The molecule has 0 aromatic heterocycles. The first-order valence-electron chi connectivity index (χ1n) is 10.7. The summed E-state index contributed by atoms with van der Waals surface area (Å²) in [4.78, 5) is 25.8. The predicted molar refractivity (Wildman–Crippen MR) is 135 cm³/mol. The van der Waals surface area contributed by atoms with Gasteiger partial charge in [-0.05, 0) is 86.8 Å². The summed E-state index contributed by atoms with van der Waals surface area (Å²) >= 11 is 1.54. The van der Waals surface area contributed by atoms with Crippen molar-refractivity contribution in [3.63, 3.8) is 0 Å². The number of rotatable bonds is 9. The molecule has 3 rings (SSSR count). The number of benzene rings is 3. The van der Waals surface area contributed by atoms with E-state index in [1.807, 2.05) is 6.26 Å². The Morgan fingerprint density at radius 3 is 2.21 bits per heavy atom. The Bertz CT molecular complexity index is 1260. The van der Waals surface area contributed by atoms with Crippen molar-refractivity contribution in [2.24, 2.45) is 0 Å². The second-order valence-corrected chi connectivity index (χ2v) is 9.89. The van der Waals surface area contributed by atoms with Crippen LogP contribution in [0.25, 0.3) is 0 Å². The quantitative estimate of drug-likeness (QED) is 0.328. The van der Waals surface area contributed by atoms with Gasteiger partial charge < -0.3 is 10.1 Å². The maximum Gasteiger partial charge on any atom is 0.338 e. The molecule has 3 aromatic rings. The minimum Gasteiger partial charge on any atom is -0.462 e. The number of amides is 1. The number of sulfonamides is 1. The molecule has 0 unspecified atom stereocenters. The van der Waals surface area contributed by atoms with Crippen LogP contribution in [0.4, 0.5) is 11.4 Å². The third-order valence-corrected chi connectivity index (χ3v) is 7.64. The van der Waals surface area contributed by atoms with Crippen molar-refractivity contribution in [3.8, 4) is 0 Å². The summed E-state index contributed by atoms with van der Waals surface area (Å²) in [7, 11) is -3.75. The molecule has 0 heterocycles. The van der Waals surface area contributed by atoms with E-state index in [1.165, 1.54) is 22.1 Å². The minimum atomic E-state index is -3.75. The molecule has 0 fully saturated rings. The Morgan fingerprint density at radius 1 is 0.941 bits per heavy atom. The molecule has 178 valence electrons. The van der Waals surface area contributed by atoms with Crippen molar-refractivity contribution in [1.82, 2.24) is 0 Å². The highest BCUT2D eigenvalue weighted by Gasteiger charge is 2.23. The van der Waals surface area contributed by atoms with E-state index in [-0.39, 0.29) is 24.0 Å². The molecule has 0 aliphatic heterocycles. The summed E-state index contributed by atoms with van der Waals surface area (Å²) in [6.45, 7) is 3.97. The van der Waals surface area contributed by atoms with Gasteiger partial charge in [0.1, 0.15) is 0 Å². The summed E-state index contributed by atoms with van der Waals surface area (Å²) in [5.74, 6) is -0.849. The summed E-state index contributed by atoms with van der Waals surface area (Å²) in [5, 5.41) is 2.74. The fourth-order valence-electron chi connectivity index (χ4n) is 3.29. The van der Waals surface area contributed by atoms with Crippen LogP contribution in [0.1, 0.15) is 34.6 Å². The maximum atomic E-state index is 13.2. The Hall–Kier alpha value is -3.30. The number of anilines is 2. The van der Waals surface area contributed by atoms with Crippen LogP contribution in [0, 0.1) is 0 Å². The number of carbonyl (C=O) groups excluding carboxylic acids is 2. The largest absolute Gasteiger partial charge is 0.462 e. The molecule has 0 aliphatic rings. The van der Waals surface area contributed by atoms with Gasteiger partial charge in [0.05, 0.1) is 22.8 Å². The third kappa shape index (κ3) is 5.78. The summed E-state index contributed by atoms with van der Waals surface area (Å²) in [6, 6.07) is 19.5. The topological polar surface area (TPSA) is 92.8 Å². The fourth-order valence-corrected chi connectivity index (χ4v) is 5.17.